The van der Waals surface area contributed by atoms with Crippen LogP contribution >= 0.6 is 0 Å². The zero-order chi connectivity index (χ0) is 13.1. The lowest BCUT2D eigenvalue weighted by molar-refractivity contribution is -0.0324. The summed E-state index contributed by atoms with van der Waals surface area (Å²) in [6.45, 7) is 11.9. The molecule has 0 aromatic carbocycles. The van der Waals surface area contributed by atoms with E-state index in [0.29, 0.717) is 6.10 Å². The van der Waals surface area contributed by atoms with E-state index in [2.05, 4.69) is 44.7 Å². The van der Waals surface area contributed by atoms with Gasteiger partial charge in [-0.3, -0.25) is 0 Å². The molecular formula is C14H32N2O. The average Bonchev–Trinajstić information content (AvgIpc) is 2.29. The first-order valence-electron chi connectivity index (χ1n) is 7.12. The van der Waals surface area contributed by atoms with E-state index in [1.165, 1.54) is 25.8 Å². The molecule has 0 aromatic rings. The van der Waals surface area contributed by atoms with E-state index >= 15 is 0 Å². The Bertz CT molecular complexity index is 162. The summed E-state index contributed by atoms with van der Waals surface area (Å²) in [6.07, 6.45) is 4.27. The Morgan fingerprint density at radius 3 is 2.29 bits per heavy atom. The van der Waals surface area contributed by atoms with Crippen molar-refractivity contribution in [2.24, 2.45) is 0 Å². The van der Waals surface area contributed by atoms with Crippen molar-refractivity contribution in [1.29, 1.82) is 0 Å². The molecule has 0 amide bonds. The van der Waals surface area contributed by atoms with Gasteiger partial charge in [-0.1, -0.05) is 33.6 Å². The first kappa shape index (κ1) is 16.9. The Balaban J connectivity index is 0.000000557. The highest BCUT2D eigenvalue weighted by Gasteiger charge is 2.18. The van der Waals surface area contributed by atoms with Crippen molar-refractivity contribution in [3.8, 4) is 0 Å². The van der Waals surface area contributed by atoms with Crippen LogP contribution in [0, 0.1) is 0 Å². The predicted molar refractivity (Wildman–Crippen MR) is 75.6 cm³/mol. The molecule has 0 radical (unpaired) electrons. The second kappa shape index (κ2) is 11.0. The van der Waals surface area contributed by atoms with Crippen LogP contribution in [0.3, 0.4) is 0 Å². The number of nitrogens with zero attached hydrogens (tertiary/aromatic N) is 2. The van der Waals surface area contributed by atoms with Gasteiger partial charge in [0, 0.05) is 19.6 Å². The lowest BCUT2D eigenvalue weighted by Crippen LogP contribution is -2.45. The topological polar surface area (TPSA) is 15.7 Å². The van der Waals surface area contributed by atoms with Gasteiger partial charge in [-0.2, -0.15) is 0 Å². The zero-order valence-electron chi connectivity index (χ0n) is 12.5. The molecule has 0 aliphatic carbocycles. The average molecular weight is 244 g/mol. The van der Waals surface area contributed by atoms with Crippen LogP contribution in [0.25, 0.3) is 0 Å². The fourth-order valence-corrected chi connectivity index (χ4v) is 1.80. The largest absolute Gasteiger partial charge is 0.374 e. The van der Waals surface area contributed by atoms with Crippen molar-refractivity contribution in [3.63, 3.8) is 0 Å². The summed E-state index contributed by atoms with van der Waals surface area (Å²) in [7, 11) is 4.33. The Hall–Kier alpha value is -0.120. The molecular weight excluding hydrogens is 212 g/mol. The van der Waals surface area contributed by atoms with Gasteiger partial charge in [-0.25, -0.2) is 0 Å². The van der Waals surface area contributed by atoms with Gasteiger partial charge in [0.25, 0.3) is 0 Å². The number of hydrogen-bond acceptors (Lipinski definition) is 3. The summed E-state index contributed by atoms with van der Waals surface area (Å²) in [5.41, 5.74) is 0. The Labute approximate surface area is 108 Å². The highest BCUT2D eigenvalue weighted by atomic mass is 16.5. The molecule has 1 aliphatic rings. The lowest BCUT2D eigenvalue weighted by Gasteiger charge is -2.32. The quantitative estimate of drug-likeness (QED) is 0.739. The minimum absolute atomic E-state index is 0.412. The van der Waals surface area contributed by atoms with Crippen LogP contribution in [0.1, 0.15) is 40.0 Å². The standard InChI is InChI=1S/C10H22N2O.C4H10/c1-4-5-11(2)8-10-9-12(3)6-7-13-10;1-3-4-2/h10H,4-9H2,1-3H3;3-4H2,1-2H3. The van der Waals surface area contributed by atoms with E-state index < -0.39 is 0 Å². The van der Waals surface area contributed by atoms with Crippen molar-refractivity contribution in [3.05, 3.63) is 0 Å². The third-order valence-corrected chi connectivity index (χ3v) is 2.96. The molecule has 0 spiro atoms. The maximum Gasteiger partial charge on any atom is 0.0829 e. The normalized spacial score (nSPS) is 21.2. The van der Waals surface area contributed by atoms with Crippen LogP contribution < -0.4 is 0 Å². The SMILES string of the molecule is CCCC.CCCN(C)CC1CN(C)CCO1. The van der Waals surface area contributed by atoms with Gasteiger partial charge in [0.2, 0.25) is 0 Å². The van der Waals surface area contributed by atoms with E-state index in [4.69, 9.17) is 4.74 Å². The van der Waals surface area contributed by atoms with Crippen LogP contribution in [0.5, 0.6) is 0 Å². The van der Waals surface area contributed by atoms with Gasteiger partial charge in [0.1, 0.15) is 0 Å². The van der Waals surface area contributed by atoms with Gasteiger partial charge in [0.15, 0.2) is 0 Å². The monoisotopic (exact) mass is 244 g/mol. The number of hydrogen-bond donors (Lipinski definition) is 0. The number of ether oxygens (including phenoxy) is 1. The molecule has 3 heteroatoms. The van der Waals surface area contributed by atoms with Gasteiger partial charge in [-0.05, 0) is 27.1 Å². The Morgan fingerprint density at radius 2 is 1.82 bits per heavy atom. The molecule has 1 atom stereocenters. The second-order valence-corrected chi connectivity index (χ2v) is 5.02. The summed E-state index contributed by atoms with van der Waals surface area (Å²) in [6, 6.07) is 0. The van der Waals surface area contributed by atoms with E-state index in [0.717, 1.165) is 26.2 Å². The van der Waals surface area contributed by atoms with Crippen molar-refractivity contribution in [1.82, 2.24) is 9.80 Å². The molecule has 0 bridgehead atoms. The molecule has 0 N–H and O–H groups in total. The number of rotatable bonds is 5. The maximum absolute atomic E-state index is 5.68. The summed E-state index contributed by atoms with van der Waals surface area (Å²) >= 11 is 0. The van der Waals surface area contributed by atoms with Crippen molar-refractivity contribution >= 4 is 0 Å². The summed E-state index contributed by atoms with van der Waals surface area (Å²) < 4.78 is 5.68. The minimum atomic E-state index is 0.412. The highest BCUT2D eigenvalue weighted by molar-refractivity contribution is 4.71. The third kappa shape index (κ3) is 9.57. The molecule has 1 unspecified atom stereocenters. The molecule has 1 fully saturated rings. The number of morpholine rings is 1. The van der Waals surface area contributed by atoms with Crippen LogP contribution in [-0.4, -0.2) is 62.8 Å². The molecule has 1 saturated heterocycles. The summed E-state index contributed by atoms with van der Waals surface area (Å²) in [5, 5.41) is 0. The van der Waals surface area contributed by atoms with E-state index in [1.807, 2.05) is 0 Å². The van der Waals surface area contributed by atoms with E-state index in [-0.39, 0.29) is 0 Å². The van der Waals surface area contributed by atoms with Crippen molar-refractivity contribution in [2.75, 3.05) is 46.9 Å². The third-order valence-electron chi connectivity index (χ3n) is 2.96. The first-order chi connectivity index (χ1) is 8.13. The number of likely N-dealkylation sites (N-methyl/N-ethyl adjacent to an activating group) is 2. The van der Waals surface area contributed by atoms with E-state index in [1.54, 1.807) is 0 Å². The Kier molecular flexibility index (Phi) is 10.9. The fourth-order valence-electron chi connectivity index (χ4n) is 1.80. The van der Waals surface area contributed by atoms with E-state index in [9.17, 15) is 0 Å². The Morgan fingerprint density at radius 1 is 1.18 bits per heavy atom. The van der Waals surface area contributed by atoms with Crippen molar-refractivity contribution in [2.45, 2.75) is 46.1 Å². The molecule has 0 aromatic heterocycles. The molecule has 104 valence electrons. The molecule has 1 aliphatic heterocycles. The van der Waals surface area contributed by atoms with Gasteiger partial charge >= 0.3 is 0 Å². The minimum Gasteiger partial charge on any atom is -0.374 e. The molecule has 0 saturated carbocycles. The zero-order valence-corrected chi connectivity index (χ0v) is 12.5. The molecule has 1 heterocycles. The van der Waals surface area contributed by atoms with Crippen LogP contribution in [0.15, 0.2) is 0 Å². The van der Waals surface area contributed by atoms with Gasteiger partial charge in [-0.15, -0.1) is 0 Å². The highest BCUT2D eigenvalue weighted by Crippen LogP contribution is 2.04. The number of unbranched alkanes of at least 4 members (excludes halogenated alkanes) is 1. The molecule has 3 nitrogen and oxygen atoms in total. The van der Waals surface area contributed by atoms with Crippen molar-refractivity contribution < 1.29 is 4.74 Å². The van der Waals surface area contributed by atoms with Crippen LogP contribution in [0.2, 0.25) is 0 Å². The molecule has 17 heavy (non-hydrogen) atoms. The maximum atomic E-state index is 5.68. The van der Waals surface area contributed by atoms with Crippen LogP contribution in [-0.2, 0) is 4.74 Å². The lowest BCUT2D eigenvalue weighted by atomic mass is 10.2. The van der Waals surface area contributed by atoms with Gasteiger partial charge in [0.05, 0.1) is 12.7 Å². The predicted octanol–water partition coefficient (Wildman–Crippen LogP) is 2.47. The first-order valence-corrected chi connectivity index (χ1v) is 7.12. The summed E-state index contributed by atoms with van der Waals surface area (Å²) in [4.78, 5) is 4.69. The molecule has 1 rings (SSSR count). The summed E-state index contributed by atoms with van der Waals surface area (Å²) in [5.74, 6) is 0. The smallest absolute Gasteiger partial charge is 0.0829 e. The van der Waals surface area contributed by atoms with Gasteiger partial charge < -0.3 is 14.5 Å². The fraction of sp³-hybridized carbons (Fsp3) is 1.00. The van der Waals surface area contributed by atoms with Crippen LogP contribution in [0.4, 0.5) is 0 Å². The second-order valence-electron chi connectivity index (χ2n) is 5.02.